The number of carbonyl (C=O) groups is 1. The van der Waals surface area contributed by atoms with E-state index in [0.717, 1.165) is 11.1 Å². The molecule has 0 unspecified atom stereocenters. The molecule has 0 spiro atoms. The molecule has 2 aromatic carbocycles. The molecule has 1 amide bonds. The highest BCUT2D eigenvalue weighted by Gasteiger charge is 2.31. The van der Waals surface area contributed by atoms with Gasteiger partial charge in [0.05, 0.1) is 15.6 Å². The second-order valence-corrected chi connectivity index (χ2v) is 10.0. The van der Waals surface area contributed by atoms with Gasteiger partial charge < -0.3 is 0 Å². The standard InChI is InChI=1S/C19H15Cl2N3O3S2/c20-15-10-16(21)17(9-14(15)18(25)23-19-22-6-8-28-19)29(26,27)24-7-5-12-3-1-2-4-13(12)11-24/h1-4,6,8-10H,5,7,11H2,(H,22,23,25). The maximum absolute atomic E-state index is 13.3. The van der Waals surface area contributed by atoms with E-state index in [1.54, 1.807) is 11.6 Å². The zero-order valence-electron chi connectivity index (χ0n) is 14.9. The topological polar surface area (TPSA) is 79.4 Å². The van der Waals surface area contributed by atoms with Gasteiger partial charge in [0.25, 0.3) is 5.91 Å². The van der Waals surface area contributed by atoms with Crippen LogP contribution >= 0.6 is 34.5 Å². The molecule has 1 aliphatic heterocycles. The Balaban J connectivity index is 1.68. The zero-order valence-corrected chi connectivity index (χ0v) is 18.1. The number of benzene rings is 2. The van der Waals surface area contributed by atoms with E-state index in [0.29, 0.717) is 18.1 Å². The van der Waals surface area contributed by atoms with Crippen molar-refractivity contribution >= 4 is 55.6 Å². The van der Waals surface area contributed by atoms with Gasteiger partial charge in [0, 0.05) is 24.7 Å². The minimum atomic E-state index is -3.92. The normalized spacial score (nSPS) is 14.4. The van der Waals surface area contributed by atoms with Crippen LogP contribution in [0.25, 0.3) is 0 Å². The van der Waals surface area contributed by atoms with E-state index in [9.17, 15) is 13.2 Å². The van der Waals surface area contributed by atoms with Gasteiger partial charge in [-0.05, 0) is 29.7 Å². The maximum Gasteiger partial charge on any atom is 0.259 e. The third-order valence-corrected chi connectivity index (χ3v) is 7.94. The Hall–Kier alpha value is -1.97. The summed E-state index contributed by atoms with van der Waals surface area (Å²) in [7, 11) is -3.92. The van der Waals surface area contributed by atoms with Crippen LogP contribution in [0.5, 0.6) is 0 Å². The summed E-state index contributed by atoms with van der Waals surface area (Å²) in [6.07, 6.45) is 2.16. The van der Waals surface area contributed by atoms with Crippen LogP contribution in [-0.2, 0) is 23.0 Å². The van der Waals surface area contributed by atoms with Crippen LogP contribution in [0, 0.1) is 0 Å². The Bertz CT molecular complexity index is 1180. The summed E-state index contributed by atoms with van der Waals surface area (Å²) in [5.41, 5.74) is 2.10. The molecule has 4 rings (SSSR count). The molecule has 2 heterocycles. The van der Waals surface area contributed by atoms with Crippen molar-refractivity contribution in [3.05, 3.63) is 74.7 Å². The number of anilines is 1. The summed E-state index contributed by atoms with van der Waals surface area (Å²) in [4.78, 5) is 16.4. The first kappa shape index (κ1) is 20.3. The summed E-state index contributed by atoms with van der Waals surface area (Å²) in [6, 6.07) is 10.2. The molecule has 1 N–H and O–H groups in total. The Kier molecular flexibility index (Phi) is 5.63. The predicted molar refractivity (Wildman–Crippen MR) is 114 cm³/mol. The molecule has 0 bridgehead atoms. The largest absolute Gasteiger partial charge is 0.298 e. The van der Waals surface area contributed by atoms with Crippen molar-refractivity contribution < 1.29 is 13.2 Å². The smallest absolute Gasteiger partial charge is 0.259 e. The van der Waals surface area contributed by atoms with Crippen molar-refractivity contribution in [2.24, 2.45) is 0 Å². The number of fused-ring (bicyclic) bond motifs is 1. The third kappa shape index (κ3) is 4.04. The minimum Gasteiger partial charge on any atom is -0.298 e. The zero-order chi connectivity index (χ0) is 20.6. The van der Waals surface area contributed by atoms with Crippen LogP contribution in [0.2, 0.25) is 10.0 Å². The van der Waals surface area contributed by atoms with Gasteiger partial charge in [-0.25, -0.2) is 13.4 Å². The summed E-state index contributed by atoms with van der Waals surface area (Å²) < 4.78 is 27.9. The fourth-order valence-electron chi connectivity index (χ4n) is 3.16. The van der Waals surface area contributed by atoms with Crippen LogP contribution in [0.3, 0.4) is 0 Å². The van der Waals surface area contributed by atoms with E-state index in [1.165, 1.54) is 27.8 Å². The number of rotatable bonds is 4. The number of nitrogens with one attached hydrogen (secondary N) is 1. The molecule has 10 heteroatoms. The summed E-state index contributed by atoms with van der Waals surface area (Å²) in [5, 5.41) is 4.73. The number of sulfonamides is 1. The van der Waals surface area contributed by atoms with Crippen LogP contribution in [0.1, 0.15) is 21.5 Å². The Morgan fingerprint density at radius 3 is 2.62 bits per heavy atom. The van der Waals surface area contributed by atoms with E-state index in [1.807, 2.05) is 24.3 Å². The molecule has 3 aromatic rings. The highest BCUT2D eigenvalue weighted by Crippen LogP contribution is 2.33. The van der Waals surface area contributed by atoms with Crippen LogP contribution in [0.4, 0.5) is 5.13 Å². The van der Waals surface area contributed by atoms with E-state index in [4.69, 9.17) is 23.2 Å². The van der Waals surface area contributed by atoms with Gasteiger partial charge >= 0.3 is 0 Å². The molecule has 0 saturated heterocycles. The second-order valence-electron chi connectivity index (χ2n) is 6.41. The summed E-state index contributed by atoms with van der Waals surface area (Å²) >= 11 is 13.6. The van der Waals surface area contributed by atoms with Gasteiger partial charge in [-0.15, -0.1) is 11.3 Å². The number of hydrogen-bond acceptors (Lipinski definition) is 5. The lowest BCUT2D eigenvalue weighted by molar-refractivity contribution is 0.102. The first-order valence-electron chi connectivity index (χ1n) is 8.63. The molecule has 0 atom stereocenters. The second kappa shape index (κ2) is 8.04. The van der Waals surface area contributed by atoms with Crippen molar-refractivity contribution in [1.82, 2.24) is 9.29 Å². The molecule has 0 fully saturated rings. The van der Waals surface area contributed by atoms with E-state index in [-0.39, 0.29) is 27.0 Å². The SMILES string of the molecule is O=C(Nc1nccs1)c1cc(S(=O)(=O)N2CCc3ccccc3C2)c(Cl)cc1Cl. The molecule has 1 aliphatic rings. The van der Waals surface area contributed by atoms with Crippen molar-refractivity contribution in [3.8, 4) is 0 Å². The predicted octanol–water partition coefficient (Wildman–Crippen LogP) is 4.45. The molecule has 0 aliphatic carbocycles. The molecular formula is C19H15Cl2N3O3S2. The van der Waals surface area contributed by atoms with E-state index in [2.05, 4.69) is 10.3 Å². The number of amides is 1. The molecule has 1 aromatic heterocycles. The fourth-order valence-corrected chi connectivity index (χ4v) is 5.94. The quantitative estimate of drug-likeness (QED) is 0.614. The van der Waals surface area contributed by atoms with Gasteiger partial charge in [0.2, 0.25) is 10.0 Å². The number of nitrogens with zero attached hydrogens (tertiary/aromatic N) is 2. The first-order chi connectivity index (χ1) is 13.9. The number of thiazole rings is 1. The van der Waals surface area contributed by atoms with Gasteiger partial charge in [-0.2, -0.15) is 4.31 Å². The van der Waals surface area contributed by atoms with Crippen molar-refractivity contribution in [1.29, 1.82) is 0 Å². The Morgan fingerprint density at radius 2 is 1.90 bits per heavy atom. The first-order valence-corrected chi connectivity index (χ1v) is 11.7. The lowest BCUT2D eigenvalue weighted by Gasteiger charge is -2.28. The number of aromatic nitrogens is 1. The fraction of sp³-hybridized carbons (Fsp3) is 0.158. The Morgan fingerprint density at radius 1 is 1.14 bits per heavy atom. The number of carbonyl (C=O) groups excluding carboxylic acids is 1. The van der Waals surface area contributed by atoms with Crippen molar-refractivity contribution in [3.63, 3.8) is 0 Å². The van der Waals surface area contributed by atoms with Gasteiger partial charge in [-0.1, -0.05) is 47.5 Å². The molecule has 29 heavy (non-hydrogen) atoms. The summed E-state index contributed by atoms with van der Waals surface area (Å²) in [6.45, 7) is 0.580. The number of hydrogen-bond donors (Lipinski definition) is 1. The monoisotopic (exact) mass is 467 g/mol. The average molecular weight is 468 g/mol. The van der Waals surface area contributed by atoms with Gasteiger partial charge in [0.1, 0.15) is 4.90 Å². The highest BCUT2D eigenvalue weighted by atomic mass is 35.5. The molecule has 0 radical (unpaired) electrons. The minimum absolute atomic E-state index is 0.0160. The maximum atomic E-state index is 13.3. The van der Waals surface area contributed by atoms with Crippen molar-refractivity contribution in [2.45, 2.75) is 17.9 Å². The van der Waals surface area contributed by atoms with E-state index < -0.39 is 15.9 Å². The van der Waals surface area contributed by atoms with Crippen LogP contribution in [0.15, 0.2) is 52.9 Å². The Labute approximate surface area is 182 Å². The van der Waals surface area contributed by atoms with Crippen molar-refractivity contribution in [2.75, 3.05) is 11.9 Å². The average Bonchev–Trinajstić information content (AvgIpc) is 3.20. The van der Waals surface area contributed by atoms with Crippen LogP contribution in [-0.4, -0.2) is 30.2 Å². The lowest BCUT2D eigenvalue weighted by atomic mass is 10.0. The molecule has 6 nitrogen and oxygen atoms in total. The highest BCUT2D eigenvalue weighted by molar-refractivity contribution is 7.89. The molecule has 0 saturated carbocycles. The van der Waals surface area contributed by atoms with E-state index >= 15 is 0 Å². The summed E-state index contributed by atoms with van der Waals surface area (Å²) in [5.74, 6) is -0.554. The van der Waals surface area contributed by atoms with Gasteiger partial charge in [0.15, 0.2) is 5.13 Å². The third-order valence-electron chi connectivity index (χ3n) is 4.63. The lowest BCUT2D eigenvalue weighted by Crippen LogP contribution is -2.36. The molecule has 150 valence electrons. The molecular weight excluding hydrogens is 453 g/mol. The van der Waals surface area contributed by atoms with Crippen LogP contribution < -0.4 is 5.32 Å². The van der Waals surface area contributed by atoms with Gasteiger partial charge in [-0.3, -0.25) is 10.1 Å². The number of halogens is 2.